The van der Waals surface area contributed by atoms with Crippen LogP contribution in [0, 0.1) is 0 Å². The first-order valence-corrected chi connectivity index (χ1v) is 10.5. The average Bonchev–Trinajstić information content (AvgIpc) is 3.18. The van der Waals surface area contributed by atoms with E-state index in [1.165, 1.54) is 16.8 Å². The van der Waals surface area contributed by atoms with Gasteiger partial charge in [-0.1, -0.05) is 45.7 Å². The number of alkyl halides is 3. The molecule has 162 valence electrons. The molecular formula is C23H14BrClF3N3O. The van der Waals surface area contributed by atoms with E-state index in [-0.39, 0.29) is 5.56 Å². The second-order valence-corrected chi connectivity index (χ2v) is 8.19. The second-order valence-electron chi connectivity index (χ2n) is 6.84. The van der Waals surface area contributed by atoms with E-state index in [4.69, 9.17) is 11.6 Å². The molecule has 0 fully saturated rings. The van der Waals surface area contributed by atoms with Crippen LogP contribution in [0.15, 0.2) is 83.3 Å². The number of carbonyl (C=O) groups is 1. The molecule has 0 saturated heterocycles. The zero-order chi connectivity index (χ0) is 22.9. The lowest BCUT2D eigenvalue weighted by Gasteiger charge is -2.11. The first kappa shape index (κ1) is 22.1. The van der Waals surface area contributed by atoms with Crippen LogP contribution < -0.4 is 5.32 Å². The molecule has 0 spiro atoms. The van der Waals surface area contributed by atoms with Gasteiger partial charge in [-0.2, -0.15) is 18.3 Å². The molecule has 0 bridgehead atoms. The topological polar surface area (TPSA) is 46.9 Å². The minimum atomic E-state index is -4.54. The molecule has 0 saturated carbocycles. The van der Waals surface area contributed by atoms with Gasteiger partial charge in [-0.05, 0) is 54.6 Å². The maximum atomic E-state index is 13.0. The molecule has 0 aliphatic carbocycles. The Hall–Kier alpha value is -3.10. The van der Waals surface area contributed by atoms with Crippen molar-refractivity contribution in [1.82, 2.24) is 9.78 Å². The molecule has 3 aromatic carbocycles. The van der Waals surface area contributed by atoms with Crippen molar-refractivity contribution in [3.8, 4) is 16.9 Å². The molecule has 0 aliphatic heterocycles. The molecule has 9 heteroatoms. The number of hydrogen-bond acceptors (Lipinski definition) is 2. The molecule has 0 atom stereocenters. The molecule has 4 rings (SSSR count). The third kappa shape index (κ3) is 4.87. The quantitative estimate of drug-likeness (QED) is 0.309. The molecular weight excluding hydrogens is 507 g/mol. The molecule has 32 heavy (non-hydrogen) atoms. The largest absolute Gasteiger partial charge is 0.416 e. The molecule has 0 aliphatic rings. The summed E-state index contributed by atoms with van der Waals surface area (Å²) in [5, 5.41) is 7.82. The van der Waals surface area contributed by atoms with Crippen molar-refractivity contribution in [2.24, 2.45) is 0 Å². The second kappa shape index (κ2) is 8.80. The lowest BCUT2D eigenvalue weighted by atomic mass is 10.1. The van der Waals surface area contributed by atoms with E-state index < -0.39 is 17.6 Å². The lowest BCUT2D eigenvalue weighted by molar-refractivity contribution is -0.137. The molecule has 0 unspecified atom stereocenters. The maximum Gasteiger partial charge on any atom is 0.416 e. The zero-order valence-corrected chi connectivity index (χ0v) is 18.5. The monoisotopic (exact) mass is 519 g/mol. The minimum Gasteiger partial charge on any atom is -0.306 e. The van der Waals surface area contributed by atoms with E-state index in [2.05, 4.69) is 26.3 Å². The van der Waals surface area contributed by atoms with Gasteiger partial charge in [0.25, 0.3) is 5.91 Å². The van der Waals surface area contributed by atoms with Crippen molar-refractivity contribution in [1.29, 1.82) is 0 Å². The predicted octanol–water partition coefficient (Wildman–Crippen LogP) is 7.23. The number of rotatable bonds is 4. The summed E-state index contributed by atoms with van der Waals surface area (Å²) in [6.45, 7) is 0. The van der Waals surface area contributed by atoms with Crippen LogP contribution in [0.4, 0.5) is 19.0 Å². The summed E-state index contributed by atoms with van der Waals surface area (Å²) in [5.74, 6) is -0.378. The average molecular weight is 521 g/mol. The summed E-state index contributed by atoms with van der Waals surface area (Å²) in [7, 11) is 0. The normalized spacial score (nSPS) is 11.4. The van der Waals surface area contributed by atoms with Gasteiger partial charge in [0.05, 0.1) is 16.9 Å². The number of carbonyl (C=O) groups excluding carboxylic acids is 1. The number of anilines is 1. The van der Waals surface area contributed by atoms with Crippen molar-refractivity contribution >= 4 is 39.3 Å². The van der Waals surface area contributed by atoms with Gasteiger partial charge in [-0.3, -0.25) is 4.79 Å². The van der Waals surface area contributed by atoms with Gasteiger partial charge in [0, 0.05) is 26.7 Å². The minimum absolute atomic E-state index is 0.114. The smallest absolute Gasteiger partial charge is 0.306 e. The summed E-state index contributed by atoms with van der Waals surface area (Å²) in [6, 6.07) is 20.1. The number of amides is 1. The molecule has 1 N–H and O–H groups in total. The first-order chi connectivity index (χ1) is 15.2. The van der Waals surface area contributed by atoms with Gasteiger partial charge in [0.15, 0.2) is 0 Å². The van der Waals surface area contributed by atoms with Gasteiger partial charge in [0.1, 0.15) is 5.82 Å². The Morgan fingerprint density at radius 1 is 0.969 bits per heavy atom. The maximum absolute atomic E-state index is 13.0. The summed E-state index contributed by atoms with van der Waals surface area (Å²) in [5.41, 5.74) is 0.973. The van der Waals surface area contributed by atoms with Gasteiger partial charge < -0.3 is 5.32 Å². The highest BCUT2D eigenvalue weighted by Gasteiger charge is 2.31. The van der Waals surface area contributed by atoms with Crippen molar-refractivity contribution in [2.45, 2.75) is 6.18 Å². The predicted molar refractivity (Wildman–Crippen MR) is 121 cm³/mol. The van der Waals surface area contributed by atoms with Crippen LogP contribution in [0.25, 0.3) is 16.9 Å². The number of benzene rings is 3. The fourth-order valence-electron chi connectivity index (χ4n) is 3.04. The van der Waals surface area contributed by atoms with E-state index in [1.54, 1.807) is 42.5 Å². The molecule has 0 radical (unpaired) electrons. The summed E-state index contributed by atoms with van der Waals surface area (Å²) >= 11 is 9.34. The van der Waals surface area contributed by atoms with Crippen LogP contribution in [0.2, 0.25) is 5.02 Å². The molecule has 1 heterocycles. The SMILES string of the molecule is O=C(Nc1cc(-c2ccc(Cl)cc2)nn1-c1ccc(Br)cc1)c1cccc(C(F)(F)F)c1. The van der Waals surface area contributed by atoms with Crippen LogP contribution >= 0.6 is 27.5 Å². The molecule has 1 amide bonds. The third-order valence-electron chi connectivity index (χ3n) is 4.61. The standard InChI is InChI=1S/C23H14BrClF3N3O/c24-17-6-10-19(11-7-17)31-21(13-20(30-31)14-4-8-18(25)9-5-14)29-22(32)15-2-1-3-16(12-15)23(26,27)28/h1-13H,(H,29,32). The zero-order valence-electron chi connectivity index (χ0n) is 16.2. The van der Waals surface area contributed by atoms with Gasteiger partial charge in [-0.15, -0.1) is 0 Å². The Labute approximate surface area is 194 Å². The van der Waals surface area contributed by atoms with Crippen LogP contribution in [-0.4, -0.2) is 15.7 Å². The Kier molecular flexibility index (Phi) is 6.08. The van der Waals surface area contributed by atoms with E-state index in [0.29, 0.717) is 22.2 Å². The van der Waals surface area contributed by atoms with Crippen molar-refractivity contribution in [3.63, 3.8) is 0 Å². The lowest BCUT2D eigenvalue weighted by Crippen LogP contribution is -2.16. The van der Waals surface area contributed by atoms with Crippen molar-refractivity contribution < 1.29 is 18.0 Å². The van der Waals surface area contributed by atoms with Crippen LogP contribution in [-0.2, 0) is 6.18 Å². The highest BCUT2D eigenvalue weighted by atomic mass is 79.9. The number of nitrogens with zero attached hydrogens (tertiary/aromatic N) is 2. The Balaban J connectivity index is 1.73. The Bertz CT molecular complexity index is 1270. The van der Waals surface area contributed by atoms with Gasteiger partial charge >= 0.3 is 6.18 Å². The fraction of sp³-hybridized carbons (Fsp3) is 0.0435. The van der Waals surface area contributed by atoms with Gasteiger partial charge in [-0.25, -0.2) is 4.68 Å². The summed E-state index contributed by atoms with van der Waals surface area (Å²) in [6.07, 6.45) is -4.54. The first-order valence-electron chi connectivity index (χ1n) is 9.31. The number of hydrogen-bond donors (Lipinski definition) is 1. The fourth-order valence-corrected chi connectivity index (χ4v) is 3.43. The number of nitrogens with one attached hydrogen (secondary N) is 1. The molecule has 4 aromatic rings. The van der Waals surface area contributed by atoms with Crippen molar-refractivity contribution in [3.05, 3.63) is 99.5 Å². The van der Waals surface area contributed by atoms with Crippen molar-refractivity contribution in [2.75, 3.05) is 5.32 Å². The highest BCUT2D eigenvalue weighted by Crippen LogP contribution is 2.30. The third-order valence-corrected chi connectivity index (χ3v) is 5.39. The Morgan fingerprint density at radius 3 is 2.31 bits per heavy atom. The van der Waals surface area contributed by atoms with Crippen LogP contribution in [0.5, 0.6) is 0 Å². The molecule has 4 nitrogen and oxygen atoms in total. The number of halogens is 5. The van der Waals surface area contributed by atoms with E-state index in [0.717, 1.165) is 22.2 Å². The Morgan fingerprint density at radius 2 is 1.66 bits per heavy atom. The van der Waals surface area contributed by atoms with Gasteiger partial charge in [0.2, 0.25) is 0 Å². The highest BCUT2D eigenvalue weighted by molar-refractivity contribution is 9.10. The van der Waals surface area contributed by atoms with E-state index in [1.807, 2.05) is 12.1 Å². The van der Waals surface area contributed by atoms with E-state index >= 15 is 0 Å². The van der Waals surface area contributed by atoms with E-state index in [9.17, 15) is 18.0 Å². The summed E-state index contributed by atoms with van der Waals surface area (Å²) in [4.78, 5) is 12.8. The number of aromatic nitrogens is 2. The van der Waals surface area contributed by atoms with Crippen LogP contribution in [0.3, 0.4) is 0 Å². The summed E-state index contributed by atoms with van der Waals surface area (Å²) < 4.78 is 41.5. The van der Waals surface area contributed by atoms with Crippen LogP contribution in [0.1, 0.15) is 15.9 Å². The molecule has 1 aromatic heterocycles.